The Morgan fingerprint density at radius 3 is 2.47 bits per heavy atom. The largest absolute Gasteiger partial charge is 0.330 e. The van der Waals surface area contributed by atoms with Crippen LogP contribution in [-0.2, 0) is 0 Å². The standard InChI is InChI=1S/C14H19N/c1-3-12(2)14-9-7-13(8-10-14)6-4-5-11-15/h7-10,12H,3,5,11,15H2,1-2H3. The topological polar surface area (TPSA) is 26.0 Å². The van der Waals surface area contributed by atoms with Crippen LogP contribution in [0.15, 0.2) is 24.3 Å². The molecule has 15 heavy (non-hydrogen) atoms. The lowest BCUT2D eigenvalue weighted by Crippen LogP contribution is -1.95. The fourth-order valence-electron chi connectivity index (χ4n) is 1.37. The summed E-state index contributed by atoms with van der Waals surface area (Å²) >= 11 is 0. The van der Waals surface area contributed by atoms with Gasteiger partial charge in [-0.3, -0.25) is 0 Å². The van der Waals surface area contributed by atoms with Crippen molar-refractivity contribution >= 4 is 0 Å². The van der Waals surface area contributed by atoms with Crippen LogP contribution in [0.2, 0.25) is 0 Å². The lowest BCUT2D eigenvalue weighted by atomic mass is 9.98. The van der Waals surface area contributed by atoms with E-state index in [4.69, 9.17) is 5.73 Å². The molecule has 1 atom stereocenters. The summed E-state index contributed by atoms with van der Waals surface area (Å²) in [5, 5.41) is 0. The summed E-state index contributed by atoms with van der Waals surface area (Å²) in [6.07, 6.45) is 1.95. The van der Waals surface area contributed by atoms with Crippen LogP contribution in [0.25, 0.3) is 0 Å². The lowest BCUT2D eigenvalue weighted by molar-refractivity contribution is 0.733. The quantitative estimate of drug-likeness (QED) is 0.748. The van der Waals surface area contributed by atoms with Crippen LogP contribution in [0.3, 0.4) is 0 Å². The predicted molar refractivity (Wildman–Crippen MR) is 65.7 cm³/mol. The van der Waals surface area contributed by atoms with E-state index in [1.165, 1.54) is 12.0 Å². The molecule has 1 unspecified atom stereocenters. The van der Waals surface area contributed by atoms with Crippen LogP contribution in [0.4, 0.5) is 0 Å². The van der Waals surface area contributed by atoms with Crippen molar-refractivity contribution in [3.8, 4) is 11.8 Å². The molecule has 0 saturated heterocycles. The van der Waals surface area contributed by atoms with Crippen molar-refractivity contribution in [2.75, 3.05) is 6.54 Å². The van der Waals surface area contributed by atoms with Crippen molar-refractivity contribution in [2.24, 2.45) is 5.73 Å². The van der Waals surface area contributed by atoms with Crippen molar-refractivity contribution < 1.29 is 0 Å². The molecule has 80 valence electrons. The molecule has 0 aromatic heterocycles. The molecular weight excluding hydrogens is 182 g/mol. The van der Waals surface area contributed by atoms with Crippen molar-refractivity contribution in [3.05, 3.63) is 35.4 Å². The second-order valence-corrected chi connectivity index (χ2v) is 3.77. The summed E-state index contributed by atoms with van der Waals surface area (Å²) in [4.78, 5) is 0. The molecule has 0 amide bonds. The number of hydrogen-bond acceptors (Lipinski definition) is 1. The molecule has 0 aliphatic rings. The second kappa shape index (κ2) is 6.27. The molecule has 0 aliphatic heterocycles. The second-order valence-electron chi connectivity index (χ2n) is 3.77. The van der Waals surface area contributed by atoms with E-state index in [-0.39, 0.29) is 0 Å². The van der Waals surface area contributed by atoms with Gasteiger partial charge in [-0.25, -0.2) is 0 Å². The van der Waals surface area contributed by atoms with Gasteiger partial charge in [-0.05, 0) is 30.0 Å². The van der Waals surface area contributed by atoms with Gasteiger partial charge < -0.3 is 5.73 Å². The average Bonchev–Trinajstić information content (AvgIpc) is 2.29. The molecule has 1 heteroatoms. The van der Waals surface area contributed by atoms with E-state index in [1.54, 1.807) is 0 Å². The minimum atomic E-state index is 0.635. The average molecular weight is 201 g/mol. The molecule has 0 fully saturated rings. The Labute approximate surface area is 92.7 Å². The number of nitrogens with two attached hydrogens (primary N) is 1. The fraction of sp³-hybridized carbons (Fsp3) is 0.429. The highest BCUT2D eigenvalue weighted by molar-refractivity contribution is 5.36. The highest BCUT2D eigenvalue weighted by atomic mass is 14.5. The predicted octanol–water partition coefficient (Wildman–Crippen LogP) is 2.90. The van der Waals surface area contributed by atoms with Gasteiger partial charge in [0, 0.05) is 18.5 Å². The molecule has 0 heterocycles. The van der Waals surface area contributed by atoms with Gasteiger partial charge in [0.05, 0.1) is 0 Å². The first kappa shape index (κ1) is 11.8. The van der Waals surface area contributed by atoms with E-state index >= 15 is 0 Å². The minimum Gasteiger partial charge on any atom is -0.330 e. The monoisotopic (exact) mass is 201 g/mol. The van der Waals surface area contributed by atoms with E-state index < -0.39 is 0 Å². The molecule has 0 spiro atoms. The third-order valence-electron chi connectivity index (χ3n) is 2.59. The van der Waals surface area contributed by atoms with Gasteiger partial charge in [-0.2, -0.15) is 0 Å². The molecule has 2 N–H and O–H groups in total. The van der Waals surface area contributed by atoms with E-state index in [9.17, 15) is 0 Å². The number of rotatable bonds is 3. The third kappa shape index (κ3) is 3.77. The van der Waals surface area contributed by atoms with Gasteiger partial charge in [0.2, 0.25) is 0 Å². The minimum absolute atomic E-state index is 0.635. The Morgan fingerprint density at radius 2 is 1.93 bits per heavy atom. The first-order valence-corrected chi connectivity index (χ1v) is 5.56. The maximum Gasteiger partial charge on any atom is 0.0245 e. The normalized spacial score (nSPS) is 11.7. The van der Waals surface area contributed by atoms with Gasteiger partial charge in [-0.15, -0.1) is 0 Å². The Hall–Kier alpha value is -1.26. The van der Waals surface area contributed by atoms with E-state index in [2.05, 4.69) is 50.0 Å². The van der Waals surface area contributed by atoms with Gasteiger partial charge in [0.1, 0.15) is 0 Å². The van der Waals surface area contributed by atoms with Crippen molar-refractivity contribution in [3.63, 3.8) is 0 Å². The highest BCUT2D eigenvalue weighted by Gasteiger charge is 2.00. The molecule has 1 rings (SSSR count). The van der Waals surface area contributed by atoms with Crippen molar-refractivity contribution in [1.29, 1.82) is 0 Å². The Morgan fingerprint density at radius 1 is 1.27 bits per heavy atom. The zero-order valence-electron chi connectivity index (χ0n) is 9.59. The summed E-state index contributed by atoms with van der Waals surface area (Å²) in [5.41, 5.74) is 7.84. The molecule has 1 aromatic rings. The Bertz CT molecular complexity index is 340. The summed E-state index contributed by atoms with van der Waals surface area (Å²) in [5.74, 6) is 6.77. The van der Waals surface area contributed by atoms with Crippen LogP contribution in [0.5, 0.6) is 0 Å². The smallest absolute Gasteiger partial charge is 0.0245 e. The van der Waals surface area contributed by atoms with E-state index in [1.807, 2.05) is 0 Å². The lowest BCUT2D eigenvalue weighted by Gasteiger charge is -2.07. The molecule has 1 aromatic carbocycles. The van der Waals surface area contributed by atoms with Crippen LogP contribution < -0.4 is 5.73 Å². The SMILES string of the molecule is CCC(C)c1ccc(C#CCCN)cc1. The molecule has 0 aliphatic carbocycles. The van der Waals surface area contributed by atoms with Gasteiger partial charge in [-0.1, -0.05) is 37.8 Å². The first-order chi connectivity index (χ1) is 7.27. The Kier molecular flexibility index (Phi) is 4.93. The summed E-state index contributed by atoms with van der Waals surface area (Å²) in [6, 6.07) is 8.51. The number of hydrogen-bond donors (Lipinski definition) is 1. The van der Waals surface area contributed by atoms with Crippen LogP contribution in [-0.4, -0.2) is 6.54 Å². The molecule has 1 nitrogen and oxygen atoms in total. The van der Waals surface area contributed by atoms with E-state index in [0.717, 1.165) is 12.0 Å². The molecule has 0 bridgehead atoms. The van der Waals surface area contributed by atoms with Crippen LogP contribution >= 0.6 is 0 Å². The summed E-state index contributed by atoms with van der Waals surface area (Å²) in [6.45, 7) is 5.09. The summed E-state index contributed by atoms with van der Waals surface area (Å²) < 4.78 is 0. The molecule has 0 radical (unpaired) electrons. The summed E-state index contributed by atoms with van der Waals surface area (Å²) in [7, 11) is 0. The van der Waals surface area contributed by atoms with E-state index in [0.29, 0.717) is 12.5 Å². The fourth-order valence-corrected chi connectivity index (χ4v) is 1.37. The highest BCUT2D eigenvalue weighted by Crippen LogP contribution is 2.18. The van der Waals surface area contributed by atoms with Gasteiger partial charge in [0.15, 0.2) is 0 Å². The maximum atomic E-state index is 5.37. The van der Waals surface area contributed by atoms with Crippen molar-refractivity contribution in [2.45, 2.75) is 32.6 Å². The van der Waals surface area contributed by atoms with Gasteiger partial charge in [0.25, 0.3) is 0 Å². The maximum absolute atomic E-state index is 5.37. The number of benzene rings is 1. The zero-order chi connectivity index (χ0) is 11.1. The van der Waals surface area contributed by atoms with Crippen LogP contribution in [0.1, 0.15) is 43.7 Å². The molecule has 0 saturated carbocycles. The Balaban J connectivity index is 2.69. The van der Waals surface area contributed by atoms with Gasteiger partial charge >= 0.3 is 0 Å². The third-order valence-corrected chi connectivity index (χ3v) is 2.59. The van der Waals surface area contributed by atoms with Crippen LogP contribution in [0, 0.1) is 11.8 Å². The first-order valence-electron chi connectivity index (χ1n) is 5.56. The van der Waals surface area contributed by atoms with Crippen molar-refractivity contribution in [1.82, 2.24) is 0 Å². The zero-order valence-corrected chi connectivity index (χ0v) is 9.59. The molecular formula is C14H19N.